The molecule has 0 aliphatic rings. The third-order valence-electron chi connectivity index (χ3n) is 1.95. The molecule has 0 aromatic heterocycles. The minimum atomic E-state index is -0.110. The molecule has 1 rings (SSSR count). The van der Waals surface area contributed by atoms with Crippen LogP contribution in [0.4, 0.5) is 11.4 Å². The standard InChI is InChI=1S/C11H14N2O/c1-4-11(14)9-7-8(12)5-6-10(9)13(2)3/h4-7H,1,12H2,2-3H3. The summed E-state index contributed by atoms with van der Waals surface area (Å²) < 4.78 is 0. The number of rotatable bonds is 3. The second-order valence-corrected chi connectivity index (χ2v) is 3.24. The number of anilines is 2. The van der Waals surface area contributed by atoms with Crippen molar-refractivity contribution in [3.05, 3.63) is 36.4 Å². The van der Waals surface area contributed by atoms with E-state index in [0.717, 1.165) is 5.69 Å². The molecule has 1 aromatic carbocycles. The largest absolute Gasteiger partial charge is 0.399 e. The summed E-state index contributed by atoms with van der Waals surface area (Å²) in [6, 6.07) is 5.26. The van der Waals surface area contributed by atoms with E-state index in [-0.39, 0.29) is 5.78 Å². The van der Waals surface area contributed by atoms with E-state index < -0.39 is 0 Å². The van der Waals surface area contributed by atoms with Crippen LogP contribution >= 0.6 is 0 Å². The summed E-state index contributed by atoms with van der Waals surface area (Å²) in [5.74, 6) is -0.110. The number of nitrogen functional groups attached to an aromatic ring is 1. The number of carbonyl (C=O) groups is 1. The summed E-state index contributed by atoms with van der Waals surface area (Å²) in [6.45, 7) is 3.46. The van der Waals surface area contributed by atoms with E-state index >= 15 is 0 Å². The molecule has 1 aromatic rings. The number of allylic oxidation sites excluding steroid dienone is 1. The number of hydrogen-bond acceptors (Lipinski definition) is 3. The zero-order chi connectivity index (χ0) is 10.7. The van der Waals surface area contributed by atoms with Gasteiger partial charge in [0, 0.05) is 31.0 Å². The van der Waals surface area contributed by atoms with Crippen molar-refractivity contribution in [3.8, 4) is 0 Å². The van der Waals surface area contributed by atoms with Crippen LogP contribution in [0.15, 0.2) is 30.9 Å². The zero-order valence-corrected chi connectivity index (χ0v) is 8.45. The number of hydrogen-bond donors (Lipinski definition) is 1. The second kappa shape index (κ2) is 3.96. The molecule has 0 heterocycles. The maximum atomic E-state index is 11.5. The number of nitrogens with two attached hydrogens (primary N) is 1. The first-order valence-corrected chi connectivity index (χ1v) is 4.30. The number of nitrogens with zero attached hydrogens (tertiary/aromatic N) is 1. The molecule has 0 spiro atoms. The van der Waals surface area contributed by atoms with Gasteiger partial charge in [0.25, 0.3) is 0 Å². The summed E-state index contributed by atoms with van der Waals surface area (Å²) in [6.07, 6.45) is 1.29. The average Bonchev–Trinajstić information content (AvgIpc) is 2.16. The molecule has 0 radical (unpaired) electrons. The lowest BCUT2D eigenvalue weighted by Crippen LogP contribution is -2.13. The molecule has 0 saturated carbocycles. The second-order valence-electron chi connectivity index (χ2n) is 3.24. The van der Waals surface area contributed by atoms with E-state index in [2.05, 4.69) is 6.58 Å². The Morgan fingerprint density at radius 1 is 1.50 bits per heavy atom. The van der Waals surface area contributed by atoms with Gasteiger partial charge in [-0.15, -0.1) is 0 Å². The van der Waals surface area contributed by atoms with Crippen LogP contribution in [0, 0.1) is 0 Å². The number of ketones is 1. The van der Waals surface area contributed by atoms with Crippen molar-refractivity contribution >= 4 is 17.2 Å². The molecule has 0 bridgehead atoms. The maximum Gasteiger partial charge on any atom is 0.187 e. The Morgan fingerprint density at radius 3 is 2.64 bits per heavy atom. The van der Waals surface area contributed by atoms with Crippen molar-refractivity contribution in [1.29, 1.82) is 0 Å². The first-order chi connectivity index (χ1) is 6.56. The minimum absolute atomic E-state index is 0.110. The van der Waals surface area contributed by atoms with Gasteiger partial charge in [-0.2, -0.15) is 0 Å². The fourth-order valence-electron chi connectivity index (χ4n) is 1.25. The highest BCUT2D eigenvalue weighted by atomic mass is 16.1. The van der Waals surface area contributed by atoms with E-state index in [1.807, 2.05) is 25.1 Å². The molecule has 0 unspecified atom stereocenters. The lowest BCUT2D eigenvalue weighted by molar-refractivity contribution is 0.104. The molecule has 0 aliphatic heterocycles. The molecule has 2 N–H and O–H groups in total. The van der Waals surface area contributed by atoms with Crippen molar-refractivity contribution in [2.75, 3.05) is 24.7 Å². The molecule has 0 atom stereocenters. The van der Waals surface area contributed by atoms with Crippen LogP contribution < -0.4 is 10.6 Å². The predicted octanol–water partition coefficient (Wildman–Crippen LogP) is 1.70. The Bertz CT molecular complexity index is 370. The summed E-state index contributed by atoms with van der Waals surface area (Å²) in [5, 5.41) is 0. The third-order valence-corrected chi connectivity index (χ3v) is 1.95. The first-order valence-electron chi connectivity index (χ1n) is 4.30. The van der Waals surface area contributed by atoms with E-state index in [9.17, 15) is 4.79 Å². The Kier molecular flexibility index (Phi) is 2.92. The van der Waals surface area contributed by atoms with Gasteiger partial charge in [-0.05, 0) is 24.3 Å². The van der Waals surface area contributed by atoms with Crippen molar-refractivity contribution < 1.29 is 4.79 Å². The van der Waals surface area contributed by atoms with Crippen LogP contribution in [0.1, 0.15) is 10.4 Å². The number of carbonyl (C=O) groups excluding carboxylic acids is 1. The molecule has 14 heavy (non-hydrogen) atoms. The Morgan fingerprint density at radius 2 is 2.14 bits per heavy atom. The summed E-state index contributed by atoms with van der Waals surface area (Å²) in [4.78, 5) is 13.4. The highest BCUT2D eigenvalue weighted by Gasteiger charge is 2.09. The van der Waals surface area contributed by atoms with E-state index in [1.54, 1.807) is 12.1 Å². The molecule has 0 saturated heterocycles. The van der Waals surface area contributed by atoms with Gasteiger partial charge in [0.2, 0.25) is 0 Å². The molecule has 0 fully saturated rings. The van der Waals surface area contributed by atoms with Gasteiger partial charge in [0.15, 0.2) is 5.78 Å². The summed E-state index contributed by atoms with van der Waals surface area (Å²) >= 11 is 0. The van der Waals surface area contributed by atoms with Crippen LogP contribution in [-0.4, -0.2) is 19.9 Å². The van der Waals surface area contributed by atoms with Crippen molar-refractivity contribution in [2.24, 2.45) is 0 Å². The number of benzene rings is 1. The molecular formula is C11H14N2O. The molecule has 0 amide bonds. The highest BCUT2D eigenvalue weighted by molar-refractivity contribution is 6.08. The average molecular weight is 190 g/mol. The Labute approximate surface area is 83.8 Å². The van der Waals surface area contributed by atoms with Gasteiger partial charge in [-0.1, -0.05) is 6.58 Å². The smallest absolute Gasteiger partial charge is 0.187 e. The topological polar surface area (TPSA) is 46.3 Å². The van der Waals surface area contributed by atoms with Crippen LogP contribution in [0.3, 0.4) is 0 Å². The van der Waals surface area contributed by atoms with Crippen molar-refractivity contribution in [3.63, 3.8) is 0 Å². The van der Waals surface area contributed by atoms with Crippen LogP contribution in [0.2, 0.25) is 0 Å². The Hall–Kier alpha value is -1.77. The van der Waals surface area contributed by atoms with Gasteiger partial charge < -0.3 is 10.6 Å². The van der Waals surface area contributed by atoms with E-state index in [0.29, 0.717) is 11.3 Å². The first kappa shape index (κ1) is 10.3. The molecular weight excluding hydrogens is 176 g/mol. The molecule has 3 heteroatoms. The van der Waals surface area contributed by atoms with Crippen molar-refractivity contribution in [1.82, 2.24) is 0 Å². The van der Waals surface area contributed by atoms with Gasteiger partial charge in [0.05, 0.1) is 0 Å². The minimum Gasteiger partial charge on any atom is -0.399 e. The zero-order valence-electron chi connectivity index (χ0n) is 8.45. The highest BCUT2D eigenvalue weighted by Crippen LogP contribution is 2.21. The Balaban J connectivity index is 3.29. The van der Waals surface area contributed by atoms with Crippen LogP contribution in [0.25, 0.3) is 0 Å². The maximum absolute atomic E-state index is 11.5. The summed E-state index contributed by atoms with van der Waals surface area (Å²) in [7, 11) is 3.76. The fourth-order valence-corrected chi connectivity index (χ4v) is 1.25. The van der Waals surface area contributed by atoms with Gasteiger partial charge in [-0.3, -0.25) is 4.79 Å². The van der Waals surface area contributed by atoms with Crippen LogP contribution in [0.5, 0.6) is 0 Å². The summed E-state index contributed by atoms with van der Waals surface area (Å²) in [5.41, 5.74) is 7.64. The lowest BCUT2D eigenvalue weighted by Gasteiger charge is -2.16. The quantitative estimate of drug-likeness (QED) is 0.448. The predicted molar refractivity (Wildman–Crippen MR) is 59.7 cm³/mol. The van der Waals surface area contributed by atoms with Gasteiger partial charge in [-0.25, -0.2) is 0 Å². The third kappa shape index (κ3) is 1.93. The monoisotopic (exact) mass is 190 g/mol. The molecule has 74 valence electrons. The van der Waals surface area contributed by atoms with Crippen molar-refractivity contribution in [2.45, 2.75) is 0 Å². The van der Waals surface area contributed by atoms with Crippen LogP contribution in [-0.2, 0) is 0 Å². The van der Waals surface area contributed by atoms with E-state index in [1.165, 1.54) is 6.08 Å². The van der Waals surface area contributed by atoms with E-state index in [4.69, 9.17) is 5.73 Å². The SMILES string of the molecule is C=CC(=O)c1cc(N)ccc1N(C)C. The molecule has 0 aliphatic carbocycles. The molecule has 3 nitrogen and oxygen atoms in total. The van der Waals surface area contributed by atoms with Gasteiger partial charge in [0.1, 0.15) is 0 Å². The fraction of sp³-hybridized carbons (Fsp3) is 0.182. The van der Waals surface area contributed by atoms with Gasteiger partial charge >= 0.3 is 0 Å². The normalized spacial score (nSPS) is 9.57. The lowest BCUT2D eigenvalue weighted by atomic mass is 10.1.